The molecule has 0 saturated carbocycles. The molecule has 0 heterocycles. The molecule has 172 valence electrons. The summed E-state index contributed by atoms with van der Waals surface area (Å²) < 4.78 is 0. The van der Waals surface area contributed by atoms with Gasteiger partial charge in [-0.25, -0.2) is 0 Å². The van der Waals surface area contributed by atoms with Crippen LogP contribution in [0.5, 0.6) is 0 Å². The second-order valence-electron chi connectivity index (χ2n) is 8.83. The number of hydrogen-bond donors (Lipinski definition) is 2. The summed E-state index contributed by atoms with van der Waals surface area (Å²) in [6.07, 6.45) is 13.8. The molecular formula is C28H44N2S. The molecule has 0 spiro atoms. The summed E-state index contributed by atoms with van der Waals surface area (Å²) >= 11 is 1.88. The third-order valence-electron chi connectivity index (χ3n) is 6.08. The fourth-order valence-corrected chi connectivity index (χ4v) is 5.12. The van der Waals surface area contributed by atoms with Crippen LogP contribution in [-0.2, 0) is 25.7 Å². The van der Waals surface area contributed by atoms with E-state index in [1.54, 1.807) is 0 Å². The maximum absolute atomic E-state index is 6.58. The molecular weight excluding hydrogens is 396 g/mol. The molecule has 0 radical (unpaired) electrons. The van der Waals surface area contributed by atoms with E-state index in [4.69, 9.17) is 11.5 Å². The van der Waals surface area contributed by atoms with E-state index >= 15 is 0 Å². The zero-order valence-electron chi connectivity index (χ0n) is 20.4. The monoisotopic (exact) mass is 440 g/mol. The van der Waals surface area contributed by atoms with Crippen molar-refractivity contribution in [1.29, 1.82) is 0 Å². The highest BCUT2D eigenvalue weighted by Crippen LogP contribution is 2.36. The zero-order valence-corrected chi connectivity index (χ0v) is 21.2. The molecule has 2 nitrogen and oxygen atoms in total. The lowest BCUT2D eigenvalue weighted by Gasteiger charge is -2.16. The number of nitrogen functional groups attached to an aromatic ring is 2. The van der Waals surface area contributed by atoms with Crippen molar-refractivity contribution in [2.75, 3.05) is 11.5 Å². The first-order chi connectivity index (χ1) is 15.0. The quantitative estimate of drug-likeness (QED) is 0.290. The van der Waals surface area contributed by atoms with Crippen molar-refractivity contribution in [1.82, 2.24) is 0 Å². The highest BCUT2D eigenvalue weighted by molar-refractivity contribution is 7.99. The van der Waals surface area contributed by atoms with Gasteiger partial charge in [0, 0.05) is 21.2 Å². The Kier molecular flexibility index (Phi) is 11.4. The van der Waals surface area contributed by atoms with Crippen LogP contribution in [0, 0.1) is 0 Å². The molecule has 0 atom stereocenters. The van der Waals surface area contributed by atoms with Gasteiger partial charge in [0.25, 0.3) is 0 Å². The lowest BCUT2D eigenvalue weighted by atomic mass is 9.99. The Morgan fingerprint density at radius 1 is 0.516 bits per heavy atom. The van der Waals surface area contributed by atoms with E-state index in [1.807, 2.05) is 11.8 Å². The van der Waals surface area contributed by atoms with Crippen molar-refractivity contribution in [3.05, 3.63) is 46.5 Å². The second kappa shape index (κ2) is 13.7. The fourth-order valence-electron chi connectivity index (χ4n) is 4.04. The lowest BCUT2D eigenvalue weighted by Crippen LogP contribution is -2.03. The number of hydrogen-bond acceptors (Lipinski definition) is 3. The van der Waals surface area contributed by atoms with Crippen LogP contribution in [0.4, 0.5) is 11.4 Å². The topological polar surface area (TPSA) is 52.0 Å². The van der Waals surface area contributed by atoms with Gasteiger partial charge in [0.2, 0.25) is 0 Å². The molecule has 3 heteroatoms. The maximum Gasteiger partial charge on any atom is 0.0379 e. The van der Waals surface area contributed by atoms with Gasteiger partial charge in [-0.05, 0) is 97.9 Å². The third-order valence-corrected chi connectivity index (χ3v) is 7.03. The minimum atomic E-state index is 1.02. The Morgan fingerprint density at radius 3 is 1.00 bits per heavy atom. The summed E-state index contributed by atoms with van der Waals surface area (Å²) in [6, 6.07) is 9.33. The SMILES string of the molecule is CCCCc1cc(Sc2cc(CCCC)c(N)c(CCCC)c2)cc(CCCC)c1N. The van der Waals surface area contributed by atoms with E-state index in [2.05, 4.69) is 52.0 Å². The summed E-state index contributed by atoms with van der Waals surface area (Å²) in [5.41, 5.74) is 20.5. The predicted octanol–water partition coefficient (Wildman–Crippen LogP) is 8.37. The van der Waals surface area contributed by atoms with Crippen LogP contribution in [0.15, 0.2) is 34.1 Å². The molecule has 0 amide bonds. The van der Waals surface area contributed by atoms with Crippen molar-refractivity contribution in [2.24, 2.45) is 0 Å². The molecule has 2 aromatic carbocycles. The van der Waals surface area contributed by atoms with E-state index in [0.717, 1.165) is 37.1 Å². The minimum Gasteiger partial charge on any atom is -0.398 e. The molecule has 4 N–H and O–H groups in total. The molecule has 0 saturated heterocycles. The van der Waals surface area contributed by atoms with Crippen molar-refractivity contribution < 1.29 is 0 Å². The molecule has 0 aliphatic heterocycles. The van der Waals surface area contributed by atoms with Crippen molar-refractivity contribution in [2.45, 2.75) is 115 Å². The van der Waals surface area contributed by atoms with Gasteiger partial charge in [0.15, 0.2) is 0 Å². The van der Waals surface area contributed by atoms with Gasteiger partial charge in [-0.2, -0.15) is 0 Å². The summed E-state index contributed by atoms with van der Waals surface area (Å²) in [4.78, 5) is 2.64. The molecule has 2 aromatic rings. The molecule has 2 rings (SSSR count). The van der Waals surface area contributed by atoms with Crippen LogP contribution in [0.3, 0.4) is 0 Å². The van der Waals surface area contributed by atoms with E-state index in [1.165, 1.54) is 83.4 Å². The number of nitrogens with two attached hydrogens (primary N) is 2. The van der Waals surface area contributed by atoms with E-state index in [9.17, 15) is 0 Å². The van der Waals surface area contributed by atoms with Gasteiger partial charge in [-0.15, -0.1) is 0 Å². The average Bonchev–Trinajstić information content (AvgIpc) is 2.77. The van der Waals surface area contributed by atoms with Gasteiger partial charge >= 0.3 is 0 Å². The molecule has 0 aliphatic rings. The largest absolute Gasteiger partial charge is 0.398 e. The minimum absolute atomic E-state index is 1.02. The summed E-state index contributed by atoms with van der Waals surface area (Å²) in [5.74, 6) is 0. The molecule has 0 aliphatic carbocycles. The van der Waals surface area contributed by atoms with Gasteiger partial charge in [0.1, 0.15) is 0 Å². The van der Waals surface area contributed by atoms with Gasteiger partial charge in [-0.3, -0.25) is 0 Å². The Hall–Kier alpha value is -1.61. The van der Waals surface area contributed by atoms with Crippen LogP contribution < -0.4 is 11.5 Å². The van der Waals surface area contributed by atoms with Gasteiger partial charge in [-0.1, -0.05) is 65.1 Å². The third kappa shape index (κ3) is 7.79. The number of anilines is 2. The summed E-state index contributed by atoms with van der Waals surface area (Å²) in [7, 11) is 0. The Morgan fingerprint density at radius 2 is 0.774 bits per heavy atom. The lowest BCUT2D eigenvalue weighted by molar-refractivity contribution is 0.779. The van der Waals surface area contributed by atoms with Crippen LogP contribution >= 0.6 is 11.8 Å². The smallest absolute Gasteiger partial charge is 0.0379 e. The molecule has 0 fully saturated rings. The van der Waals surface area contributed by atoms with Crippen molar-refractivity contribution >= 4 is 23.1 Å². The Balaban J connectivity index is 2.39. The Labute approximate surface area is 195 Å². The summed E-state index contributed by atoms with van der Waals surface area (Å²) in [6.45, 7) is 8.99. The Bertz CT molecular complexity index is 687. The fraction of sp³-hybridized carbons (Fsp3) is 0.571. The predicted molar refractivity (Wildman–Crippen MR) is 140 cm³/mol. The van der Waals surface area contributed by atoms with E-state index in [0.29, 0.717) is 0 Å². The van der Waals surface area contributed by atoms with Crippen LogP contribution in [0.25, 0.3) is 0 Å². The van der Waals surface area contributed by atoms with Gasteiger partial charge < -0.3 is 11.5 Å². The van der Waals surface area contributed by atoms with Crippen LogP contribution in [0.2, 0.25) is 0 Å². The molecule has 0 bridgehead atoms. The first-order valence-corrected chi connectivity index (χ1v) is 13.4. The van der Waals surface area contributed by atoms with Crippen molar-refractivity contribution in [3.8, 4) is 0 Å². The molecule has 0 unspecified atom stereocenters. The zero-order chi connectivity index (χ0) is 22.6. The average molecular weight is 441 g/mol. The normalized spacial score (nSPS) is 11.2. The van der Waals surface area contributed by atoms with Crippen LogP contribution in [-0.4, -0.2) is 0 Å². The van der Waals surface area contributed by atoms with Crippen LogP contribution in [0.1, 0.15) is 101 Å². The van der Waals surface area contributed by atoms with Gasteiger partial charge in [0.05, 0.1) is 0 Å². The standard InChI is InChI=1S/C28H44N2S/c1-5-9-13-21-17-25(18-22(27(21)29)14-10-6-2)31-26-19-23(15-11-7-3)28(30)24(20-26)16-12-8-4/h17-20H,5-16,29-30H2,1-4H3. The number of rotatable bonds is 14. The summed E-state index contributed by atoms with van der Waals surface area (Å²) in [5, 5.41) is 0. The molecule has 31 heavy (non-hydrogen) atoms. The first kappa shape index (κ1) is 25.6. The first-order valence-electron chi connectivity index (χ1n) is 12.5. The highest BCUT2D eigenvalue weighted by Gasteiger charge is 2.12. The van der Waals surface area contributed by atoms with E-state index in [-0.39, 0.29) is 0 Å². The van der Waals surface area contributed by atoms with Crippen molar-refractivity contribution in [3.63, 3.8) is 0 Å². The number of aryl methyl sites for hydroxylation is 4. The van der Waals surface area contributed by atoms with E-state index < -0.39 is 0 Å². The number of benzene rings is 2. The molecule has 0 aromatic heterocycles. The second-order valence-corrected chi connectivity index (χ2v) is 9.97. The highest BCUT2D eigenvalue weighted by atomic mass is 32.2. The maximum atomic E-state index is 6.58. The number of unbranched alkanes of at least 4 members (excludes halogenated alkanes) is 4.